The lowest BCUT2D eigenvalue weighted by atomic mass is 9.82. The molecule has 8 nitrogen and oxygen atoms in total. The van der Waals surface area contributed by atoms with Crippen LogP contribution in [-0.2, 0) is 44.1 Å². The highest BCUT2D eigenvalue weighted by Gasteiger charge is 2.67. The molecule has 0 bridgehead atoms. The Morgan fingerprint density at radius 1 is 0.964 bits per heavy atom. The van der Waals surface area contributed by atoms with Crippen LogP contribution < -0.4 is 9.80 Å². The molecule has 0 aliphatic carbocycles. The average Bonchev–Trinajstić information content (AvgIpc) is 3.58. The lowest BCUT2D eigenvalue weighted by Gasteiger charge is -2.37. The van der Waals surface area contributed by atoms with Crippen LogP contribution in [-0.4, -0.2) is 61.4 Å². The summed E-state index contributed by atoms with van der Waals surface area (Å²) in [6, 6.07) is 21.1. The molecular formula is C45H54FN3O5Si. The standard InChI is InChI=1S/C45H54FN3O5Si/c1-29(2)12-11-13-30(3)22-23-47-39-20-19-35(49-38-17-10-9-14-32(38)18-21-41(49)51)25-37(39)45(44(47)53)31(4)43(55(5,6)46)40(54-45)26-42(52)48-27-34-16-8-7-15-33(34)24-36(48)28-50/h7-10,12,14-17,19-20,22,25,31,36,40,43,50H,11,13,18,21,23-24,26-28H2,1-6H3/b30-22+/t31-,36+,40+,43-,45+/m1/s1. The van der Waals surface area contributed by atoms with E-state index in [1.165, 1.54) is 5.57 Å². The number of para-hydroxylation sites is 1. The first-order valence-electron chi connectivity index (χ1n) is 19.7. The van der Waals surface area contributed by atoms with Crippen molar-refractivity contribution in [3.8, 4) is 0 Å². The molecule has 4 aliphatic heterocycles. The van der Waals surface area contributed by atoms with Gasteiger partial charge in [0.25, 0.3) is 5.91 Å². The van der Waals surface area contributed by atoms with Crippen LogP contribution in [0, 0.1) is 5.92 Å². The molecule has 290 valence electrons. The van der Waals surface area contributed by atoms with Gasteiger partial charge < -0.3 is 23.8 Å². The normalized spacial score (nSPS) is 24.9. The number of nitrogens with zero attached hydrogens (tertiary/aromatic N) is 3. The highest BCUT2D eigenvalue weighted by atomic mass is 28.4. The fourth-order valence-corrected chi connectivity index (χ4v) is 12.0. The number of ether oxygens (including phenoxy) is 1. The van der Waals surface area contributed by atoms with Crippen LogP contribution in [0.2, 0.25) is 18.6 Å². The number of anilines is 3. The maximum absolute atomic E-state index is 16.8. The van der Waals surface area contributed by atoms with Crippen molar-refractivity contribution in [1.29, 1.82) is 0 Å². The fourth-order valence-electron chi connectivity index (χ4n) is 9.54. The summed E-state index contributed by atoms with van der Waals surface area (Å²) >= 11 is 0. The SMILES string of the molecule is CC(C)=CCC/C(C)=C/CN1C(=O)[C@@]2(O[C@@H](CC(=O)N3Cc4ccccc4C[C@H]3CO)[C@H]([Si](C)(C)F)[C@H]2C)c2cc(N3C(=O)CCc4ccccc43)ccc21. The lowest BCUT2D eigenvalue weighted by Crippen LogP contribution is -2.48. The molecule has 3 aromatic carbocycles. The Balaban J connectivity index is 1.29. The Morgan fingerprint density at radius 3 is 2.38 bits per heavy atom. The van der Waals surface area contributed by atoms with Gasteiger partial charge >= 0.3 is 0 Å². The summed E-state index contributed by atoms with van der Waals surface area (Å²) in [5.41, 5.74) is 6.07. The van der Waals surface area contributed by atoms with Gasteiger partial charge in [0.05, 0.1) is 36.5 Å². The zero-order chi connectivity index (χ0) is 39.2. The number of fused-ring (bicyclic) bond motifs is 4. The molecule has 3 amide bonds. The van der Waals surface area contributed by atoms with Gasteiger partial charge in [-0.05, 0) is 101 Å². The van der Waals surface area contributed by atoms with Crippen LogP contribution in [0.1, 0.15) is 75.6 Å². The third kappa shape index (κ3) is 7.13. The molecule has 5 atom stereocenters. The summed E-state index contributed by atoms with van der Waals surface area (Å²) in [5, 5.41) is 10.4. The number of allylic oxidation sites excluding steroid dienone is 3. The number of hydrogen-bond acceptors (Lipinski definition) is 5. The van der Waals surface area contributed by atoms with E-state index >= 15 is 8.90 Å². The van der Waals surface area contributed by atoms with E-state index in [4.69, 9.17) is 4.74 Å². The third-order valence-corrected chi connectivity index (χ3v) is 14.7. The minimum absolute atomic E-state index is 0.0376. The van der Waals surface area contributed by atoms with Gasteiger partial charge in [-0.25, -0.2) is 0 Å². The van der Waals surface area contributed by atoms with E-state index in [2.05, 4.69) is 32.9 Å². The van der Waals surface area contributed by atoms with E-state index in [1.54, 1.807) is 27.8 Å². The number of hydrogen-bond donors (Lipinski definition) is 1. The molecule has 7 rings (SSSR count). The monoisotopic (exact) mass is 763 g/mol. The van der Waals surface area contributed by atoms with E-state index in [0.717, 1.165) is 40.8 Å². The number of benzene rings is 3. The Labute approximate surface area is 325 Å². The summed E-state index contributed by atoms with van der Waals surface area (Å²) in [7, 11) is -3.58. The van der Waals surface area contributed by atoms with Crippen molar-refractivity contribution in [3.63, 3.8) is 0 Å². The van der Waals surface area contributed by atoms with Crippen LogP contribution >= 0.6 is 0 Å². The zero-order valence-corrected chi connectivity index (χ0v) is 34.0. The molecule has 10 heteroatoms. The second kappa shape index (κ2) is 15.3. The molecule has 1 N–H and O–H groups in total. The van der Waals surface area contributed by atoms with Crippen molar-refractivity contribution in [2.45, 2.75) is 109 Å². The van der Waals surface area contributed by atoms with Crippen molar-refractivity contribution in [1.82, 2.24) is 4.90 Å². The molecule has 0 unspecified atom stereocenters. The minimum Gasteiger partial charge on any atom is -0.394 e. The molecule has 3 aromatic rings. The number of carbonyl (C=O) groups excluding carboxylic acids is 3. The molecule has 4 heterocycles. The van der Waals surface area contributed by atoms with Gasteiger partial charge in [0.1, 0.15) is 0 Å². The predicted octanol–water partition coefficient (Wildman–Crippen LogP) is 8.45. The first-order valence-corrected chi connectivity index (χ1v) is 22.7. The van der Waals surface area contributed by atoms with Crippen LogP contribution in [0.5, 0.6) is 0 Å². The van der Waals surface area contributed by atoms with E-state index in [9.17, 15) is 14.7 Å². The molecule has 55 heavy (non-hydrogen) atoms. The Bertz CT molecular complexity index is 2050. The van der Waals surface area contributed by atoms with Crippen LogP contribution in [0.25, 0.3) is 0 Å². The van der Waals surface area contributed by atoms with Crippen molar-refractivity contribution in [2.24, 2.45) is 5.92 Å². The van der Waals surface area contributed by atoms with Crippen molar-refractivity contribution in [3.05, 3.63) is 112 Å². The summed E-state index contributed by atoms with van der Waals surface area (Å²) in [6.07, 6.45) is 6.60. The van der Waals surface area contributed by atoms with E-state index in [-0.39, 0.29) is 30.7 Å². The van der Waals surface area contributed by atoms with Gasteiger partial charge in [-0.15, -0.1) is 0 Å². The van der Waals surface area contributed by atoms with E-state index in [0.29, 0.717) is 49.3 Å². The van der Waals surface area contributed by atoms with E-state index in [1.807, 2.05) is 73.7 Å². The van der Waals surface area contributed by atoms with Gasteiger partial charge in [0.2, 0.25) is 20.2 Å². The maximum Gasteiger partial charge on any atom is 0.264 e. The summed E-state index contributed by atoms with van der Waals surface area (Å²) in [4.78, 5) is 48.2. The summed E-state index contributed by atoms with van der Waals surface area (Å²) in [6.45, 7) is 11.9. The smallest absolute Gasteiger partial charge is 0.264 e. The largest absolute Gasteiger partial charge is 0.394 e. The number of aliphatic hydroxyl groups excluding tert-OH is 1. The van der Waals surface area contributed by atoms with Gasteiger partial charge in [-0.3, -0.25) is 19.3 Å². The van der Waals surface area contributed by atoms with Gasteiger partial charge in [-0.1, -0.05) is 72.7 Å². The molecule has 0 aromatic heterocycles. The molecule has 1 saturated heterocycles. The number of carbonyl (C=O) groups is 3. The van der Waals surface area contributed by atoms with Gasteiger partial charge in [0.15, 0.2) is 5.60 Å². The van der Waals surface area contributed by atoms with E-state index < -0.39 is 37.6 Å². The summed E-state index contributed by atoms with van der Waals surface area (Å²) in [5.74, 6) is -1.15. The average molecular weight is 764 g/mol. The number of rotatable bonds is 10. The van der Waals surface area contributed by atoms with Crippen molar-refractivity contribution >= 4 is 43.2 Å². The summed E-state index contributed by atoms with van der Waals surface area (Å²) < 4.78 is 23.8. The maximum atomic E-state index is 16.8. The predicted molar refractivity (Wildman–Crippen MR) is 217 cm³/mol. The van der Waals surface area contributed by atoms with Crippen molar-refractivity contribution < 1.29 is 28.3 Å². The minimum atomic E-state index is -3.58. The third-order valence-electron chi connectivity index (χ3n) is 12.3. The van der Waals surface area contributed by atoms with Crippen LogP contribution in [0.4, 0.5) is 21.2 Å². The highest BCUT2D eigenvalue weighted by Crippen LogP contribution is 2.61. The zero-order valence-electron chi connectivity index (χ0n) is 33.0. The van der Waals surface area contributed by atoms with Crippen molar-refractivity contribution in [2.75, 3.05) is 23.0 Å². The molecule has 4 aliphatic rings. The Kier molecular flexibility index (Phi) is 10.8. The molecule has 1 fully saturated rings. The number of halogens is 1. The topological polar surface area (TPSA) is 90.4 Å². The fraction of sp³-hybridized carbons (Fsp3) is 0.444. The first-order chi connectivity index (χ1) is 26.2. The Hall–Kier alpha value is -4.38. The molecule has 0 radical (unpaired) electrons. The number of aryl methyl sites for hydroxylation is 1. The number of amides is 3. The molecular weight excluding hydrogens is 710 g/mol. The Morgan fingerprint density at radius 2 is 1.67 bits per heavy atom. The van der Waals surface area contributed by atoms with Crippen LogP contribution in [0.15, 0.2) is 90.0 Å². The first kappa shape index (κ1) is 38.9. The molecule has 0 saturated carbocycles. The quantitative estimate of drug-likeness (QED) is 0.127. The highest BCUT2D eigenvalue weighted by molar-refractivity contribution is 6.72. The van der Waals surface area contributed by atoms with Crippen LogP contribution in [0.3, 0.4) is 0 Å². The van der Waals surface area contributed by atoms with Gasteiger partial charge in [0, 0.05) is 42.2 Å². The van der Waals surface area contributed by atoms with Gasteiger partial charge in [-0.2, -0.15) is 0 Å². The lowest BCUT2D eigenvalue weighted by molar-refractivity contribution is -0.150. The second-order valence-corrected chi connectivity index (χ2v) is 20.4. The second-order valence-electron chi connectivity index (χ2n) is 16.7. The number of aliphatic hydroxyl groups is 1. The molecule has 1 spiro atoms.